The average Bonchev–Trinajstić information content (AvgIpc) is 3.27. The summed E-state index contributed by atoms with van der Waals surface area (Å²) >= 11 is 0. The number of aliphatic carboxylic acids is 1. The van der Waals surface area contributed by atoms with Gasteiger partial charge in [-0.25, -0.2) is 4.79 Å². The first-order valence-electron chi connectivity index (χ1n) is 13.2. The molecule has 0 fully saturated rings. The number of carbonyl (C=O) groups is 3. The van der Waals surface area contributed by atoms with Crippen molar-refractivity contribution < 1.29 is 29.0 Å². The van der Waals surface area contributed by atoms with E-state index in [0.29, 0.717) is 6.42 Å². The minimum absolute atomic E-state index is 0.0566. The molecule has 0 saturated carbocycles. The van der Waals surface area contributed by atoms with E-state index in [9.17, 15) is 19.5 Å². The molecule has 2 amide bonds. The summed E-state index contributed by atoms with van der Waals surface area (Å²) < 4.78 is 11.6. The molecule has 0 bridgehead atoms. The van der Waals surface area contributed by atoms with Gasteiger partial charge in [0.2, 0.25) is 5.91 Å². The molecule has 0 spiro atoms. The summed E-state index contributed by atoms with van der Waals surface area (Å²) in [6, 6.07) is 24.5. The van der Waals surface area contributed by atoms with Gasteiger partial charge < -0.3 is 25.2 Å². The second-order valence-corrected chi connectivity index (χ2v) is 9.64. The molecule has 0 saturated heterocycles. The molecule has 3 aromatic rings. The summed E-state index contributed by atoms with van der Waals surface area (Å²) in [5.41, 5.74) is 5.32. The third-order valence-electron chi connectivity index (χ3n) is 7.09. The van der Waals surface area contributed by atoms with Gasteiger partial charge in [0.15, 0.2) is 0 Å². The maximum Gasteiger partial charge on any atom is 0.407 e. The van der Waals surface area contributed by atoms with Gasteiger partial charge in [-0.1, -0.05) is 85.8 Å². The fraction of sp³-hybridized carbons (Fsp3) is 0.323. The molecule has 204 valence electrons. The SMILES string of the molecule is CCC(CNC(=O)[C@H](NC(=O)OCC1c2ccccc2-c2ccccc21)[C@H](C)OCc1ccccc1)C(=O)O. The second-order valence-electron chi connectivity index (χ2n) is 9.64. The molecule has 4 rings (SSSR count). The van der Waals surface area contributed by atoms with E-state index in [1.807, 2.05) is 66.7 Å². The van der Waals surface area contributed by atoms with Gasteiger partial charge in [0.1, 0.15) is 12.6 Å². The minimum atomic E-state index is -1.09. The normalized spacial score (nSPS) is 14.4. The molecule has 1 aliphatic rings. The molecule has 1 aliphatic carbocycles. The van der Waals surface area contributed by atoms with Crippen LogP contribution in [0.15, 0.2) is 78.9 Å². The predicted molar refractivity (Wildman–Crippen MR) is 147 cm³/mol. The van der Waals surface area contributed by atoms with Crippen molar-refractivity contribution in [1.82, 2.24) is 10.6 Å². The lowest BCUT2D eigenvalue weighted by Crippen LogP contribution is -2.54. The van der Waals surface area contributed by atoms with Crippen molar-refractivity contribution in [2.75, 3.05) is 13.2 Å². The Morgan fingerprint density at radius 2 is 1.49 bits per heavy atom. The number of nitrogens with one attached hydrogen (secondary N) is 2. The molecular formula is C31H34N2O6. The Kier molecular flexibility index (Phi) is 9.33. The number of rotatable bonds is 12. The quantitative estimate of drug-likeness (QED) is 0.312. The highest BCUT2D eigenvalue weighted by Crippen LogP contribution is 2.44. The molecule has 3 aromatic carbocycles. The molecule has 39 heavy (non-hydrogen) atoms. The lowest BCUT2D eigenvalue weighted by atomic mass is 9.98. The first kappa shape index (κ1) is 27.9. The van der Waals surface area contributed by atoms with Gasteiger partial charge in [0.25, 0.3) is 0 Å². The van der Waals surface area contributed by atoms with Crippen LogP contribution in [-0.2, 0) is 25.7 Å². The first-order chi connectivity index (χ1) is 18.9. The predicted octanol–water partition coefficient (Wildman–Crippen LogP) is 4.73. The molecule has 3 N–H and O–H groups in total. The number of fused-ring (bicyclic) bond motifs is 3. The van der Waals surface area contributed by atoms with Crippen molar-refractivity contribution in [2.45, 2.75) is 44.9 Å². The molecule has 3 atom stereocenters. The van der Waals surface area contributed by atoms with Gasteiger partial charge >= 0.3 is 12.1 Å². The highest BCUT2D eigenvalue weighted by atomic mass is 16.5. The molecule has 0 aromatic heterocycles. The van der Waals surface area contributed by atoms with Crippen molar-refractivity contribution >= 4 is 18.0 Å². The molecule has 0 aliphatic heterocycles. The number of carboxylic acid groups (broad SMARTS) is 1. The second kappa shape index (κ2) is 13.1. The number of hydrogen-bond acceptors (Lipinski definition) is 5. The molecule has 0 radical (unpaired) electrons. The Morgan fingerprint density at radius 3 is 2.08 bits per heavy atom. The smallest absolute Gasteiger partial charge is 0.407 e. The number of amides is 2. The Morgan fingerprint density at radius 1 is 0.897 bits per heavy atom. The van der Waals surface area contributed by atoms with Gasteiger partial charge in [-0.2, -0.15) is 0 Å². The maximum absolute atomic E-state index is 13.1. The zero-order valence-corrected chi connectivity index (χ0v) is 22.1. The van der Waals surface area contributed by atoms with Gasteiger partial charge in [-0.15, -0.1) is 0 Å². The number of ether oxygens (including phenoxy) is 2. The van der Waals surface area contributed by atoms with E-state index in [1.165, 1.54) is 0 Å². The zero-order valence-electron chi connectivity index (χ0n) is 22.1. The van der Waals surface area contributed by atoms with Gasteiger partial charge in [-0.3, -0.25) is 9.59 Å². The van der Waals surface area contributed by atoms with Crippen molar-refractivity contribution in [1.29, 1.82) is 0 Å². The molecule has 0 heterocycles. The van der Waals surface area contributed by atoms with Crippen LogP contribution in [0.1, 0.15) is 42.9 Å². The van der Waals surface area contributed by atoms with E-state index < -0.39 is 36.0 Å². The van der Waals surface area contributed by atoms with Crippen LogP contribution in [-0.4, -0.2) is 48.4 Å². The van der Waals surface area contributed by atoms with Gasteiger partial charge in [0, 0.05) is 12.5 Å². The van der Waals surface area contributed by atoms with E-state index in [4.69, 9.17) is 9.47 Å². The number of benzene rings is 3. The molecular weight excluding hydrogens is 496 g/mol. The van der Waals surface area contributed by atoms with Crippen LogP contribution in [0.5, 0.6) is 0 Å². The topological polar surface area (TPSA) is 114 Å². The number of hydrogen-bond donors (Lipinski definition) is 3. The van der Waals surface area contributed by atoms with Crippen LogP contribution >= 0.6 is 0 Å². The monoisotopic (exact) mass is 530 g/mol. The van der Waals surface area contributed by atoms with E-state index in [2.05, 4.69) is 22.8 Å². The first-order valence-corrected chi connectivity index (χ1v) is 13.2. The van der Waals surface area contributed by atoms with E-state index in [-0.39, 0.29) is 25.7 Å². The van der Waals surface area contributed by atoms with Crippen LogP contribution in [0, 0.1) is 5.92 Å². The third kappa shape index (κ3) is 6.83. The Hall–Kier alpha value is -4.17. The molecule has 8 heteroatoms. The Labute approximate surface area is 228 Å². The molecule has 1 unspecified atom stereocenters. The summed E-state index contributed by atoms with van der Waals surface area (Å²) in [5.74, 6) is -2.39. The van der Waals surface area contributed by atoms with Crippen molar-refractivity contribution in [3.63, 3.8) is 0 Å². The lowest BCUT2D eigenvalue weighted by molar-refractivity contribution is -0.141. The largest absolute Gasteiger partial charge is 0.481 e. The third-order valence-corrected chi connectivity index (χ3v) is 7.09. The Bertz CT molecular complexity index is 1250. The summed E-state index contributed by atoms with van der Waals surface area (Å²) in [5, 5.41) is 14.6. The van der Waals surface area contributed by atoms with Crippen LogP contribution in [0.4, 0.5) is 4.79 Å². The number of alkyl carbamates (subject to hydrolysis) is 1. The summed E-state index contributed by atoms with van der Waals surface area (Å²) in [4.78, 5) is 37.5. The van der Waals surface area contributed by atoms with Crippen molar-refractivity contribution in [3.8, 4) is 11.1 Å². The minimum Gasteiger partial charge on any atom is -0.481 e. The van der Waals surface area contributed by atoms with Gasteiger partial charge in [0.05, 0.1) is 18.6 Å². The lowest BCUT2D eigenvalue weighted by Gasteiger charge is -2.25. The van der Waals surface area contributed by atoms with Crippen molar-refractivity contribution in [3.05, 3.63) is 95.6 Å². The van der Waals surface area contributed by atoms with Crippen molar-refractivity contribution in [2.24, 2.45) is 5.92 Å². The van der Waals surface area contributed by atoms with Crippen LogP contribution in [0.25, 0.3) is 11.1 Å². The fourth-order valence-electron chi connectivity index (χ4n) is 4.80. The van der Waals surface area contributed by atoms with Crippen LogP contribution in [0.2, 0.25) is 0 Å². The number of carboxylic acids is 1. The van der Waals surface area contributed by atoms with Gasteiger partial charge in [-0.05, 0) is 41.2 Å². The highest BCUT2D eigenvalue weighted by Gasteiger charge is 2.32. The maximum atomic E-state index is 13.1. The highest BCUT2D eigenvalue weighted by molar-refractivity contribution is 5.86. The van der Waals surface area contributed by atoms with Crippen LogP contribution in [0.3, 0.4) is 0 Å². The Balaban J connectivity index is 1.43. The average molecular weight is 531 g/mol. The zero-order chi connectivity index (χ0) is 27.8. The standard InChI is InChI=1S/C31H34N2O6/c1-3-22(30(35)36)17-32-29(34)28(20(2)38-18-21-11-5-4-6-12-21)33-31(37)39-19-27-25-15-9-7-13-23(25)24-14-8-10-16-26(24)27/h4-16,20,22,27-28H,3,17-19H2,1-2H3,(H,32,34)(H,33,37)(H,35,36)/t20-,22?,28+/m0/s1. The van der Waals surface area contributed by atoms with Crippen LogP contribution < -0.4 is 10.6 Å². The summed E-state index contributed by atoms with van der Waals surface area (Å²) in [6.45, 7) is 3.71. The van der Waals surface area contributed by atoms with E-state index >= 15 is 0 Å². The molecule has 8 nitrogen and oxygen atoms in total. The van der Waals surface area contributed by atoms with E-state index in [1.54, 1.807) is 13.8 Å². The van der Waals surface area contributed by atoms with E-state index in [0.717, 1.165) is 27.8 Å². The fourth-order valence-corrected chi connectivity index (χ4v) is 4.80. The summed E-state index contributed by atoms with van der Waals surface area (Å²) in [7, 11) is 0. The number of carbonyl (C=O) groups excluding carboxylic acids is 2. The summed E-state index contributed by atoms with van der Waals surface area (Å²) in [6.07, 6.45) is -1.10.